The third kappa shape index (κ3) is 12.5. The van der Waals surface area contributed by atoms with E-state index in [1.54, 1.807) is 57.2 Å². The van der Waals surface area contributed by atoms with Gasteiger partial charge in [0.15, 0.2) is 0 Å². The average molecular weight is 622 g/mol. The van der Waals surface area contributed by atoms with Gasteiger partial charge >= 0.3 is 12.1 Å². The molecule has 2 aromatic rings. The molecule has 0 spiro atoms. The molecular weight excluding hydrogens is 574 g/mol. The lowest BCUT2D eigenvalue weighted by atomic mass is 9.96. The summed E-state index contributed by atoms with van der Waals surface area (Å²) in [6, 6.07) is 10.7. The van der Waals surface area contributed by atoms with Crippen molar-refractivity contribution in [2.24, 2.45) is 0 Å². The summed E-state index contributed by atoms with van der Waals surface area (Å²) in [6.45, 7) is 7.05. The Bertz CT molecular complexity index is 1310. The summed E-state index contributed by atoms with van der Waals surface area (Å²) >= 11 is 0. The lowest BCUT2D eigenvalue weighted by Crippen LogP contribution is -2.54. The van der Waals surface area contributed by atoms with E-state index < -0.39 is 48.1 Å². The number of methoxy groups -OCH3 is 1. The number of rotatable bonds is 16. The maximum atomic E-state index is 14.6. The summed E-state index contributed by atoms with van der Waals surface area (Å²) in [5, 5.41) is 15.1. The molecule has 45 heavy (non-hydrogen) atoms. The Kier molecular flexibility index (Phi) is 14.9. The molecular formula is C35H47N3O7. The molecule has 2 rings (SSSR count). The average Bonchev–Trinajstić information content (AvgIpc) is 3.00. The molecule has 2 aromatic carbocycles. The van der Waals surface area contributed by atoms with Crippen LogP contribution in [0.2, 0.25) is 0 Å². The zero-order valence-electron chi connectivity index (χ0n) is 27.1. The van der Waals surface area contributed by atoms with Crippen LogP contribution in [0.5, 0.6) is 5.75 Å². The van der Waals surface area contributed by atoms with Crippen molar-refractivity contribution < 1.29 is 33.8 Å². The van der Waals surface area contributed by atoms with Crippen LogP contribution in [0.15, 0.2) is 48.5 Å². The van der Waals surface area contributed by atoms with E-state index in [4.69, 9.17) is 15.9 Å². The van der Waals surface area contributed by atoms with Gasteiger partial charge < -0.3 is 30.1 Å². The largest absolute Gasteiger partial charge is 0.508 e. The topological polar surface area (TPSA) is 134 Å². The number of alkyl carbamates (subject to hydrolysis) is 1. The number of phenolic OH excluding ortho intramolecular Hbond substituents is 1. The van der Waals surface area contributed by atoms with E-state index in [0.29, 0.717) is 23.1 Å². The van der Waals surface area contributed by atoms with Crippen LogP contribution in [-0.2, 0) is 30.3 Å². The Labute approximate surface area is 266 Å². The summed E-state index contributed by atoms with van der Waals surface area (Å²) in [5.41, 5.74) is 0.655. The highest BCUT2D eigenvalue weighted by Gasteiger charge is 2.37. The Morgan fingerprint density at radius 1 is 0.978 bits per heavy atom. The minimum absolute atomic E-state index is 0.0542. The number of terminal acetylenes is 1. The van der Waals surface area contributed by atoms with Crippen LogP contribution >= 0.6 is 0 Å². The predicted molar refractivity (Wildman–Crippen MR) is 172 cm³/mol. The number of carbonyl (C=O) groups is 4. The van der Waals surface area contributed by atoms with Gasteiger partial charge in [0.2, 0.25) is 11.8 Å². The standard InChI is InChI=1S/C35H47N3O7/c1-7-9-10-11-12-15-22-38(31(32(41)36-24-30(40)44-6)28-17-14-13-16-26(28)8-2)33(42)29(37-34(43)45-35(3,4)5)23-25-18-20-27(39)21-19-25/h2,13-14,16-21,29,31,39H,7,9-12,15,22-24H2,1,3-6H3,(H,36,41)(H,37,43). The molecule has 10 heteroatoms. The van der Waals surface area contributed by atoms with E-state index >= 15 is 0 Å². The molecule has 0 radical (unpaired) electrons. The second kappa shape index (κ2) is 18.3. The molecule has 0 saturated carbocycles. The third-order valence-electron chi connectivity index (χ3n) is 7.01. The lowest BCUT2D eigenvalue weighted by Gasteiger charge is -2.35. The Balaban J connectivity index is 2.60. The van der Waals surface area contributed by atoms with Crippen molar-refractivity contribution in [3.05, 3.63) is 65.2 Å². The smallest absolute Gasteiger partial charge is 0.408 e. The summed E-state index contributed by atoms with van der Waals surface area (Å²) in [5.74, 6) is 0.844. The number of amides is 3. The van der Waals surface area contributed by atoms with Gasteiger partial charge in [0.1, 0.15) is 30.0 Å². The zero-order chi connectivity index (χ0) is 33.4. The Morgan fingerprint density at radius 3 is 2.24 bits per heavy atom. The molecule has 0 heterocycles. The maximum Gasteiger partial charge on any atom is 0.408 e. The number of esters is 1. The number of benzene rings is 2. The summed E-state index contributed by atoms with van der Waals surface area (Å²) in [6.07, 6.45) is 10.7. The van der Waals surface area contributed by atoms with Crippen molar-refractivity contribution in [2.45, 2.75) is 90.3 Å². The third-order valence-corrected chi connectivity index (χ3v) is 7.01. The number of carbonyl (C=O) groups excluding carboxylic acids is 4. The van der Waals surface area contributed by atoms with E-state index in [9.17, 15) is 24.3 Å². The van der Waals surface area contributed by atoms with Crippen LogP contribution in [0.1, 0.15) is 89.0 Å². The summed E-state index contributed by atoms with van der Waals surface area (Å²) in [4.78, 5) is 54.8. The molecule has 3 N–H and O–H groups in total. The number of phenols is 1. The quantitative estimate of drug-likeness (QED) is 0.136. The first-order valence-corrected chi connectivity index (χ1v) is 15.4. The van der Waals surface area contributed by atoms with Gasteiger partial charge in [0.05, 0.1) is 7.11 Å². The number of ether oxygens (including phenoxy) is 2. The number of nitrogens with zero attached hydrogens (tertiary/aromatic N) is 1. The molecule has 0 saturated heterocycles. The van der Waals surface area contributed by atoms with Gasteiger partial charge in [-0.1, -0.05) is 75.3 Å². The number of unbranched alkanes of at least 4 members (excludes halogenated alkanes) is 5. The fourth-order valence-electron chi connectivity index (χ4n) is 4.79. The highest BCUT2D eigenvalue weighted by Crippen LogP contribution is 2.27. The molecule has 0 fully saturated rings. The van der Waals surface area contributed by atoms with Gasteiger partial charge in [0, 0.05) is 18.5 Å². The molecule has 0 aliphatic rings. The Morgan fingerprint density at radius 2 is 1.62 bits per heavy atom. The first kappa shape index (κ1) is 36.7. The predicted octanol–water partition coefficient (Wildman–Crippen LogP) is 5.03. The molecule has 10 nitrogen and oxygen atoms in total. The minimum atomic E-state index is -1.21. The molecule has 244 valence electrons. The van der Waals surface area contributed by atoms with Crippen LogP contribution in [0, 0.1) is 12.3 Å². The lowest BCUT2D eigenvalue weighted by molar-refractivity contribution is -0.144. The molecule has 3 amide bonds. The maximum absolute atomic E-state index is 14.6. The van der Waals surface area contributed by atoms with Crippen molar-refractivity contribution >= 4 is 23.9 Å². The van der Waals surface area contributed by atoms with E-state index in [-0.39, 0.29) is 18.7 Å². The van der Waals surface area contributed by atoms with E-state index in [0.717, 1.165) is 32.1 Å². The van der Waals surface area contributed by atoms with Gasteiger partial charge in [0.25, 0.3) is 0 Å². The number of hydrogen-bond acceptors (Lipinski definition) is 7. The Hall–Kier alpha value is -4.52. The molecule has 2 unspecified atom stereocenters. The first-order chi connectivity index (χ1) is 21.4. The number of nitrogens with one attached hydrogen (secondary N) is 2. The van der Waals surface area contributed by atoms with E-state index in [1.807, 2.05) is 0 Å². The first-order valence-electron chi connectivity index (χ1n) is 15.4. The van der Waals surface area contributed by atoms with Crippen molar-refractivity contribution in [3.63, 3.8) is 0 Å². The SMILES string of the molecule is C#Cc1ccccc1C(C(=O)NCC(=O)OC)N(CCCCCCCC)C(=O)C(Cc1ccc(O)cc1)NC(=O)OC(C)(C)C. The monoisotopic (exact) mass is 621 g/mol. The van der Waals surface area contributed by atoms with Gasteiger partial charge in [-0.3, -0.25) is 14.4 Å². The van der Waals surface area contributed by atoms with Crippen LogP contribution in [0.25, 0.3) is 0 Å². The van der Waals surface area contributed by atoms with Gasteiger partial charge in [-0.15, -0.1) is 6.42 Å². The van der Waals surface area contributed by atoms with Crippen molar-refractivity contribution in [1.82, 2.24) is 15.5 Å². The highest BCUT2D eigenvalue weighted by atomic mass is 16.6. The van der Waals surface area contributed by atoms with Crippen molar-refractivity contribution in [3.8, 4) is 18.1 Å². The van der Waals surface area contributed by atoms with Crippen molar-refractivity contribution in [1.29, 1.82) is 0 Å². The van der Waals surface area contributed by atoms with E-state index in [2.05, 4.69) is 23.5 Å². The normalized spacial score (nSPS) is 12.3. The number of hydrogen-bond donors (Lipinski definition) is 3. The highest BCUT2D eigenvalue weighted by molar-refractivity contribution is 5.93. The van der Waals surface area contributed by atoms with Crippen LogP contribution < -0.4 is 10.6 Å². The van der Waals surface area contributed by atoms with Crippen LogP contribution in [-0.4, -0.2) is 65.7 Å². The van der Waals surface area contributed by atoms with Gasteiger partial charge in [-0.05, 0) is 56.5 Å². The molecule has 0 bridgehead atoms. The molecule has 0 aliphatic carbocycles. The zero-order valence-corrected chi connectivity index (χ0v) is 27.1. The molecule has 2 atom stereocenters. The number of aromatic hydroxyl groups is 1. The molecule has 0 aromatic heterocycles. The summed E-state index contributed by atoms with van der Waals surface area (Å²) in [7, 11) is 1.21. The fourth-order valence-corrected chi connectivity index (χ4v) is 4.79. The van der Waals surface area contributed by atoms with E-state index in [1.165, 1.54) is 24.1 Å². The summed E-state index contributed by atoms with van der Waals surface area (Å²) < 4.78 is 10.2. The molecule has 0 aliphatic heterocycles. The van der Waals surface area contributed by atoms with Gasteiger partial charge in [-0.25, -0.2) is 4.79 Å². The second-order valence-electron chi connectivity index (χ2n) is 11.8. The fraction of sp³-hybridized carbons (Fsp3) is 0.486. The van der Waals surface area contributed by atoms with Crippen LogP contribution in [0.4, 0.5) is 4.79 Å². The van der Waals surface area contributed by atoms with Crippen molar-refractivity contribution in [2.75, 3.05) is 20.2 Å². The minimum Gasteiger partial charge on any atom is -0.508 e. The van der Waals surface area contributed by atoms with Crippen LogP contribution in [0.3, 0.4) is 0 Å². The second-order valence-corrected chi connectivity index (χ2v) is 11.8. The van der Waals surface area contributed by atoms with Gasteiger partial charge in [-0.2, -0.15) is 0 Å².